The van der Waals surface area contributed by atoms with E-state index >= 15 is 0 Å². The first kappa shape index (κ1) is 23.2. The molecule has 168 valence electrons. The Kier molecular flexibility index (Phi) is 7.32. The van der Waals surface area contributed by atoms with Crippen LogP contribution < -0.4 is 21.1 Å². The molecule has 2 aliphatic heterocycles. The number of nitrogens with one attached hydrogen (secondary N) is 2. The number of amides is 1. The molecule has 3 rings (SSSR count). The van der Waals surface area contributed by atoms with E-state index in [1.54, 1.807) is 6.92 Å². The van der Waals surface area contributed by atoms with Gasteiger partial charge in [0.15, 0.2) is 0 Å². The lowest BCUT2D eigenvalue weighted by Crippen LogP contribution is -2.38. The number of carbonyl (C=O) groups is 1. The van der Waals surface area contributed by atoms with Crippen molar-refractivity contribution in [1.29, 1.82) is 0 Å². The van der Waals surface area contributed by atoms with Crippen molar-refractivity contribution in [3.63, 3.8) is 0 Å². The van der Waals surface area contributed by atoms with Gasteiger partial charge < -0.3 is 31.1 Å². The van der Waals surface area contributed by atoms with Crippen molar-refractivity contribution in [2.75, 3.05) is 26.3 Å². The Morgan fingerprint density at radius 3 is 2.77 bits per heavy atom. The number of aliphatic hydroxyl groups excluding tert-OH is 1. The number of aliphatic imine (C=N–C) groups is 1. The molecule has 0 spiro atoms. The van der Waals surface area contributed by atoms with Crippen molar-refractivity contribution in [3.05, 3.63) is 51.7 Å². The van der Waals surface area contributed by atoms with Crippen LogP contribution in [0.15, 0.2) is 45.3 Å². The van der Waals surface area contributed by atoms with Crippen molar-refractivity contribution >= 4 is 23.2 Å². The SMILES string of the molecule is CC1=N/C(=C(\C)CN(CN)C(=O)c2ccc(F)cc2OC2CNCC2O)NC(C)=C1Cl. The minimum absolute atomic E-state index is 0.0633. The Labute approximate surface area is 185 Å². The number of aliphatic hydroxyl groups is 1. The number of nitrogens with zero attached hydrogens (tertiary/aromatic N) is 2. The zero-order valence-electron chi connectivity index (χ0n) is 17.7. The van der Waals surface area contributed by atoms with Gasteiger partial charge in [0.25, 0.3) is 5.91 Å². The summed E-state index contributed by atoms with van der Waals surface area (Å²) in [5, 5.41) is 16.7. The first-order chi connectivity index (χ1) is 14.7. The number of rotatable bonds is 6. The predicted molar refractivity (Wildman–Crippen MR) is 117 cm³/mol. The minimum atomic E-state index is -0.745. The Morgan fingerprint density at radius 2 is 2.16 bits per heavy atom. The van der Waals surface area contributed by atoms with Crippen LogP contribution in [0.5, 0.6) is 5.75 Å². The fraction of sp³-hybridized carbons (Fsp3) is 0.429. The third kappa shape index (κ3) is 5.24. The molecule has 1 aromatic rings. The van der Waals surface area contributed by atoms with Crippen molar-refractivity contribution in [3.8, 4) is 5.75 Å². The summed E-state index contributed by atoms with van der Waals surface area (Å²) in [4.78, 5) is 19.1. The van der Waals surface area contributed by atoms with Crippen LogP contribution in [0.2, 0.25) is 0 Å². The van der Waals surface area contributed by atoms with Crippen molar-refractivity contribution < 1.29 is 19.0 Å². The molecule has 31 heavy (non-hydrogen) atoms. The van der Waals surface area contributed by atoms with Crippen LogP contribution in [0.4, 0.5) is 4.39 Å². The molecule has 1 fully saturated rings. The summed E-state index contributed by atoms with van der Waals surface area (Å²) < 4.78 is 19.6. The number of ether oxygens (including phenoxy) is 1. The molecule has 1 aromatic carbocycles. The fourth-order valence-corrected chi connectivity index (χ4v) is 3.49. The largest absolute Gasteiger partial charge is 0.485 e. The molecule has 2 atom stereocenters. The lowest BCUT2D eigenvalue weighted by Gasteiger charge is -2.25. The highest BCUT2D eigenvalue weighted by atomic mass is 35.5. The van der Waals surface area contributed by atoms with E-state index in [-0.39, 0.29) is 24.5 Å². The number of halogens is 2. The summed E-state index contributed by atoms with van der Waals surface area (Å²) >= 11 is 6.17. The summed E-state index contributed by atoms with van der Waals surface area (Å²) in [5.74, 6) is -0.294. The van der Waals surface area contributed by atoms with E-state index in [1.165, 1.54) is 17.0 Å². The number of carbonyl (C=O) groups excluding carboxylic acids is 1. The predicted octanol–water partition coefficient (Wildman–Crippen LogP) is 1.66. The van der Waals surface area contributed by atoms with Gasteiger partial charge in [-0.2, -0.15) is 0 Å². The van der Waals surface area contributed by atoms with Crippen molar-refractivity contribution in [2.24, 2.45) is 10.7 Å². The molecule has 0 aromatic heterocycles. The Balaban J connectivity index is 1.83. The van der Waals surface area contributed by atoms with Gasteiger partial charge >= 0.3 is 0 Å². The van der Waals surface area contributed by atoms with Crippen molar-refractivity contribution in [1.82, 2.24) is 15.5 Å². The van der Waals surface area contributed by atoms with Gasteiger partial charge in [-0.05, 0) is 38.5 Å². The highest BCUT2D eigenvalue weighted by molar-refractivity contribution is 6.43. The first-order valence-corrected chi connectivity index (χ1v) is 10.3. The molecule has 5 N–H and O–H groups in total. The van der Waals surface area contributed by atoms with Gasteiger partial charge in [0.2, 0.25) is 0 Å². The minimum Gasteiger partial charge on any atom is -0.485 e. The number of nitrogens with two attached hydrogens (primary N) is 1. The van der Waals surface area contributed by atoms with E-state index in [0.29, 0.717) is 29.7 Å². The summed E-state index contributed by atoms with van der Waals surface area (Å²) in [6.45, 7) is 6.39. The molecule has 2 heterocycles. The second-order valence-electron chi connectivity index (χ2n) is 7.60. The van der Waals surface area contributed by atoms with Gasteiger partial charge in [0, 0.05) is 31.4 Å². The molecule has 0 aliphatic carbocycles. The van der Waals surface area contributed by atoms with Crippen LogP contribution >= 0.6 is 11.6 Å². The highest BCUT2D eigenvalue weighted by Crippen LogP contribution is 2.25. The fourth-order valence-electron chi connectivity index (χ4n) is 3.40. The Morgan fingerprint density at radius 1 is 1.42 bits per heavy atom. The molecule has 0 radical (unpaired) electrons. The maximum Gasteiger partial charge on any atom is 0.258 e. The number of allylic oxidation sites excluding steroid dienone is 2. The van der Waals surface area contributed by atoms with E-state index in [9.17, 15) is 14.3 Å². The van der Waals surface area contributed by atoms with Gasteiger partial charge in [0.1, 0.15) is 29.6 Å². The summed E-state index contributed by atoms with van der Waals surface area (Å²) in [7, 11) is 0. The van der Waals surface area contributed by atoms with E-state index in [0.717, 1.165) is 17.3 Å². The van der Waals surface area contributed by atoms with Crippen molar-refractivity contribution in [2.45, 2.75) is 33.0 Å². The van der Waals surface area contributed by atoms with Gasteiger partial charge in [-0.25, -0.2) is 9.38 Å². The molecule has 0 bridgehead atoms. The zero-order chi connectivity index (χ0) is 22.7. The standard InChI is InChI=1S/C21H27ClFN5O3/c1-11(20-26-12(2)19(22)13(3)27-20)9-28(10-24)21(30)15-5-4-14(23)6-17(15)31-18-8-25-7-16(18)29/h4-6,16,18,25-26,29H,7-10,24H2,1-3H3/b20-11+. The topological polar surface area (TPSA) is 112 Å². The third-order valence-electron chi connectivity index (χ3n) is 5.15. The molecular weight excluding hydrogens is 425 g/mol. The van der Waals surface area contributed by atoms with Crippen LogP contribution in [-0.2, 0) is 0 Å². The lowest BCUT2D eigenvalue weighted by atomic mass is 10.1. The maximum absolute atomic E-state index is 13.9. The molecule has 0 saturated carbocycles. The molecule has 1 saturated heterocycles. The highest BCUT2D eigenvalue weighted by Gasteiger charge is 2.29. The summed E-state index contributed by atoms with van der Waals surface area (Å²) in [6, 6.07) is 3.70. The van der Waals surface area contributed by atoms with E-state index < -0.39 is 23.9 Å². The average Bonchev–Trinajstić information content (AvgIpc) is 3.13. The van der Waals surface area contributed by atoms with Crippen LogP contribution in [-0.4, -0.2) is 60.1 Å². The number of benzene rings is 1. The molecular formula is C21H27ClFN5O3. The van der Waals surface area contributed by atoms with E-state index in [2.05, 4.69) is 15.6 Å². The second kappa shape index (κ2) is 9.78. The molecule has 8 nitrogen and oxygen atoms in total. The maximum atomic E-state index is 13.9. The normalized spacial score (nSPS) is 22.7. The first-order valence-electron chi connectivity index (χ1n) is 9.94. The van der Waals surface area contributed by atoms with E-state index in [4.69, 9.17) is 22.1 Å². The second-order valence-corrected chi connectivity index (χ2v) is 7.98. The Bertz CT molecular complexity index is 962. The summed E-state index contributed by atoms with van der Waals surface area (Å²) in [6.07, 6.45) is -1.32. The molecule has 2 unspecified atom stereocenters. The van der Waals surface area contributed by atoms with Gasteiger partial charge in [-0.3, -0.25) is 4.79 Å². The number of hydrogen-bond acceptors (Lipinski definition) is 7. The monoisotopic (exact) mass is 451 g/mol. The lowest BCUT2D eigenvalue weighted by molar-refractivity contribution is 0.0677. The average molecular weight is 452 g/mol. The smallest absolute Gasteiger partial charge is 0.258 e. The van der Waals surface area contributed by atoms with E-state index in [1.807, 2.05) is 13.8 Å². The Hall–Kier alpha value is -2.46. The van der Waals surface area contributed by atoms with Gasteiger partial charge in [-0.15, -0.1) is 0 Å². The number of hydrogen-bond donors (Lipinski definition) is 4. The third-order valence-corrected chi connectivity index (χ3v) is 5.71. The van der Waals surface area contributed by atoms with Gasteiger partial charge in [-0.1, -0.05) is 11.6 Å². The van der Waals surface area contributed by atoms with Crippen LogP contribution in [0.3, 0.4) is 0 Å². The van der Waals surface area contributed by atoms with Crippen LogP contribution in [0.1, 0.15) is 31.1 Å². The number of β-amino-alcohol motifs (C(OH)–C–C–N with tert-alkyl or cyclic N) is 1. The zero-order valence-corrected chi connectivity index (χ0v) is 18.5. The molecule has 10 heteroatoms. The van der Waals surface area contributed by atoms with Crippen LogP contribution in [0, 0.1) is 5.82 Å². The summed E-state index contributed by atoms with van der Waals surface area (Å²) in [5.41, 5.74) is 8.25. The molecule has 1 amide bonds. The van der Waals surface area contributed by atoms with Crippen LogP contribution in [0.25, 0.3) is 0 Å². The quantitative estimate of drug-likeness (QED) is 0.489. The molecule has 2 aliphatic rings. The van der Waals surface area contributed by atoms with Gasteiger partial charge in [0.05, 0.1) is 23.0 Å².